The summed E-state index contributed by atoms with van der Waals surface area (Å²) in [5.41, 5.74) is 0. The van der Waals surface area contributed by atoms with Crippen molar-refractivity contribution in [3.8, 4) is 5.88 Å². The summed E-state index contributed by atoms with van der Waals surface area (Å²) in [6.45, 7) is 4.35. The molecule has 1 unspecified atom stereocenters. The van der Waals surface area contributed by atoms with Gasteiger partial charge < -0.3 is 15.2 Å². The second kappa shape index (κ2) is 5.50. The Hall–Kier alpha value is -1.36. The minimum absolute atomic E-state index is 0.211. The Morgan fingerprint density at radius 3 is 2.87 bits per heavy atom. The number of ether oxygens (including phenoxy) is 1. The fourth-order valence-electron chi connectivity index (χ4n) is 0.973. The smallest absolute Gasteiger partial charge is 0.226 e. The van der Waals surface area contributed by atoms with E-state index in [1.807, 2.05) is 13.8 Å². The van der Waals surface area contributed by atoms with Gasteiger partial charge in [-0.1, -0.05) is 13.8 Å². The first-order valence-corrected chi connectivity index (χ1v) is 4.92. The zero-order valence-electron chi connectivity index (χ0n) is 9.27. The average molecular weight is 211 g/mol. The Bertz CT molecular complexity index is 304. The van der Waals surface area contributed by atoms with Gasteiger partial charge >= 0.3 is 0 Å². The minimum Gasteiger partial charge on any atom is -0.481 e. The molecule has 0 radical (unpaired) electrons. The summed E-state index contributed by atoms with van der Waals surface area (Å²) in [7, 11) is 1.55. The highest BCUT2D eigenvalue weighted by Crippen LogP contribution is 2.08. The van der Waals surface area contributed by atoms with Crippen molar-refractivity contribution in [1.29, 1.82) is 0 Å². The quantitative estimate of drug-likeness (QED) is 0.758. The summed E-state index contributed by atoms with van der Waals surface area (Å²) < 4.78 is 4.96. The molecule has 1 rings (SSSR count). The highest BCUT2D eigenvalue weighted by molar-refractivity contribution is 5.27. The van der Waals surface area contributed by atoms with Gasteiger partial charge in [-0.25, -0.2) is 4.98 Å². The average Bonchev–Trinajstić information content (AvgIpc) is 2.26. The van der Waals surface area contributed by atoms with Gasteiger partial charge in [-0.15, -0.1) is 0 Å². The summed E-state index contributed by atoms with van der Waals surface area (Å²) in [5, 5.41) is 12.5. The van der Waals surface area contributed by atoms with Gasteiger partial charge in [0.15, 0.2) is 0 Å². The van der Waals surface area contributed by atoms with Crippen molar-refractivity contribution in [1.82, 2.24) is 9.97 Å². The number of nitrogens with zero attached hydrogens (tertiary/aromatic N) is 2. The van der Waals surface area contributed by atoms with Gasteiger partial charge in [0, 0.05) is 18.8 Å². The zero-order chi connectivity index (χ0) is 11.3. The maximum absolute atomic E-state index is 9.56. The zero-order valence-corrected chi connectivity index (χ0v) is 9.27. The molecule has 0 spiro atoms. The van der Waals surface area contributed by atoms with E-state index in [-0.39, 0.29) is 5.92 Å². The third-order valence-electron chi connectivity index (χ3n) is 2.08. The van der Waals surface area contributed by atoms with Gasteiger partial charge in [-0.2, -0.15) is 4.98 Å². The van der Waals surface area contributed by atoms with Gasteiger partial charge in [0.05, 0.1) is 13.2 Å². The Morgan fingerprint density at radius 1 is 1.53 bits per heavy atom. The van der Waals surface area contributed by atoms with Crippen LogP contribution in [0.1, 0.15) is 13.8 Å². The number of methoxy groups -OCH3 is 1. The number of aliphatic hydroxyl groups is 1. The summed E-state index contributed by atoms with van der Waals surface area (Å²) >= 11 is 0. The van der Waals surface area contributed by atoms with Crippen LogP contribution in [0.3, 0.4) is 0 Å². The lowest BCUT2D eigenvalue weighted by Crippen LogP contribution is -2.25. The first-order valence-electron chi connectivity index (χ1n) is 4.92. The van der Waals surface area contributed by atoms with Crippen LogP contribution in [0, 0.1) is 5.92 Å². The summed E-state index contributed by atoms with van der Waals surface area (Å²) in [4.78, 5) is 8.07. The number of hydrogen-bond acceptors (Lipinski definition) is 5. The molecule has 5 heteroatoms. The molecule has 0 fully saturated rings. The number of aliphatic hydroxyl groups excluding tert-OH is 1. The number of rotatable bonds is 5. The molecular formula is C10H17N3O2. The lowest BCUT2D eigenvalue weighted by molar-refractivity contribution is 0.137. The highest BCUT2D eigenvalue weighted by Gasteiger charge is 2.09. The third-order valence-corrected chi connectivity index (χ3v) is 2.08. The maximum Gasteiger partial charge on any atom is 0.226 e. The SMILES string of the molecule is COc1ccnc(NCC(O)C(C)C)n1. The standard InChI is InChI=1S/C10H17N3O2/c1-7(2)8(14)6-12-10-11-5-4-9(13-10)15-3/h4-5,7-8,14H,6H2,1-3H3,(H,11,12,13). The normalized spacial score (nSPS) is 12.6. The van der Waals surface area contributed by atoms with Crippen LogP contribution in [0.4, 0.5) is 5.95 Å². The van der Waals surface area contributed by atoms with E-state index >= 15 is 0 Å². The van der Waals surface area contributed by atoms with E-state index in [1.54, 1.807) is 19.4 Å². The van der Waals surface area contributed by atoms with Crippen molar-refractivity contribution in [3.05, 3.63) is 12.3 Å². The summed E-state index contributed by atoms with van der Waals surface area (Å²) in [6, 6.07) is 1.67. The highest BCUT2D eigenvalue weighted by atomic mass is 16.5. The van der Waals surface area contributed by atoms with Crippen molar-refractivity contribution in [2.45, 2.75) is 20.0 Å². The maximum atomic E-state index is 9.56. The molecule has 0 bridgehead atoms. The van der Waals surface area contributed by atoms with E-state index in [4.69, 9.17) is 4.74 Å². The molecule has 0 aliphatic heterocycles. The lowest BCUT2D eigenvalue weighted by Gasteiger charge is -2.14. The van der Waals surface area contributed by atoms with Crippen molar-refractivity contribution in [2.75, 3.05) is 19.0 Å². The Kier molecular flexibility index (Phi) is 4.30. The molecular weight excluding hydrogens is 194 g/mol. The first kappa shape index (κ1) is 11.7. The molecule has 0 aliphatic carbocycles. The van der Waals surface area contributed by atoms with Gasteiger partial charge in [0.2, 0.25) is 11.8 Å². The molecule has 15 heavy (non-hydrogen) atoms. The van der Waals surface area contributed by atoms with Gasteiger partial charge in [0.1, 0.15) is 0 Å². The summed E-state index contributed by atoms with van der Waals surface area (Å²) in [6.07, 6.45) is 1.20. The fraction of sp³-hybridized carbons (Fsp3) is 0.600. The second-order valence-corrected chi connectivity index (χ2v) is 3.61. The molecule has 1 heterocycles. The van der Waals surface area contributed by atoms with Crippen LogP contribution in [-0.4, -0.2) is 34.8 Å². The minimum atomic E-state index is -0.403. The van der Waals surface area contributed by atoms with E-state index < -0.39 is 6.10 Å². The van der Waals surface area contributed by atoms with Crippen LogP contribution in [0.25, 0.3) is 0 Å². The lowest BCUT2D eigenvalue weighted by atomic mass is 10.1. The summed E-state index contributed by atoms with van der Waals surface area (Å²) in [5.74, 6) is 1.18. The molecule has 0 amide bonds. The van der Waals surface area contributed by atoms with Crippen LogP contribution in [0.2, 0.25) is 0 Å². The number of nitrogens with one attached hydrogen (secondary N) is 1. The molecule has 1 aromatic heterocycles. The monoisotopic (exact) mass is 211 g/mol. The van der Waals surface area contributed by atoms with Crippen molar-refractivity contribution >= 4 is 5.95 Å². The molecule has 0 saturated heterocycles. The van der Waals surface area contributed by atoms with Crippen molar-refractivity contribution in [2.24, 2.45) is 5.92 Å². The van der Waals surface area contributed by atoms with Gasteiger partial charge in [0.25, 0.3) is 0 Å². The Balaban J connectivity index is 2.50. The van der Waals surface area contributed by atoms with E-state index in [2.05, 4.69) is 15.3 Å². The van der Waals surface area contributed by atoms with Crippen molar-refractivity contribution in [3.63, 3.8) is 0 Å². The number of anilines is 1. The molecule has 0 aliphatic rings. The van der Waals surface area contributed by atoms with Crippen LogP contribution < -0.4 is 10.1 Å². The number of aromatic nitrogens is 2. The van der Waals surface area contributed by atoms with Gasteiger partial charge in [-0.3, -0.25) is 0 Å². The van der Waals surface area contributed by atoms with E-state index in [0.29, 0.717) is 18.4 Å². The van der Waals surface area contributed by atoms with Crippen LogP contribution in [0.15, 0.2) is 12.3 Å². The molecule has 84 valence electrons. The molecule has 0 aromatic carbocycles. The van der Waals surface area contributed by atoms with E-state index in [1.165, 1.54) is 0 Å². The van der Waals surface area contributed by atoms with Gasteiger partial charge in [-0.05, 0) is 5.92 Å². The van der Waals surface area contributed by atoms with Crippen molar-refractivity contribution < 1.29 is 9.84 Å². The topological polar surface area (TPSA) is 67.3 Å². The molecule has 1 atom stereocenters. The largest absolute Gasteiger partial charge is 0.481 e. The predicted molar refractivity (Wildman–Crippen MR) is 57.9 cm³/mol. The second-order valence-electron chi connectivity index (χ2n) is 3.61. The third kappa shape index (κ3) is 3.71. The first-order chi connectivity index (χ1) is 7.13. The molecule has 5 nitrogen and oxygen atoms in total. The fourth-order valence-corrected chi connectivity index (χ4v) is 0.973. The van der Waals surface area contributed by atoms with Crippen LogP contribution >= 0.6 is 0 Å². The Morgan fingerprint density at radius 2 is 2.27 bits per heavy atom. The van der Waals surface area contributed by atoms with E-state index in [0.717, 1.165) is 0 Å². The molecule has 2 N–H and O–H groups in total. The molecule has 0 saturated carbocycles. The van der Waals surface area contributed by atoms with Crippen LogP contribution in [0.5, 0.6) is 5.88 Å². The van der Waals surface area contributed by atoms with Crippen LogP contribution in [-0.2, 0) is 0 Å². The Labute approximate surface area is 89.5 Å². The van der Waals surface area contributed by atoms with E-state index in [9.17, 15) is 5.11 Å². The molecule has 1 aromatic rings. The predicted octanol–water partition coefficient (Wildman–Crippen LogP) is 0.914. The number of hydrogen-bond donors (Lipinski definition) is 2.